The Morgan fingerprint density at radius 1 is 1.36 bits per heavy atom. The Bertz CT molecular complexity index is 726. The Morgan fingerprint density at radius 2 is 2.12 bits per heavy atom. The first kappa shape index (κ1) is 17.5. The van der Waals surface area contributed by atoms with Crippen LogP contribution in [0.1, 0.15) is 48.7 Å². The molecule has 0 spiro atoms. The highest BCUT2D eigenvalue weighted by Gasteiger charge is 2.19. The molecule has 2 heterocycles. The van der Waals surface area contributed by atoms with Crippen molar-refractivity contribution in [3.63, 3.8) is 0 Å². The fraction of sp³-hybridized carbons (Fsp3) is 0.611. The third-order valence-corrected chi connectivity index (χ3v) is 4.98. The molecule has 2 aromatic heterocycles. The largest absolute Gasteiger partial charge is 0.469 e. The Kier molecular flexibility index (Phi) is 5.40. The molecule has 3 rings (SSSR count). The van der Waals surface area contributed by atoms with Crippen LogP contribution in [0.3, 0.4) is 0 Å². The maximum atomic E-state index is 5.42. The molecule has 2 aromatic rings. The van der Waals surface area contributed by atoms with Crippen LogP contribution in [0.15, 0.2) is 21.7 Å². The van der Waals surface area contributed by atoms with E-state index in [0.29, 0.717) is 12.6 Å². The smallest absolute Gasteiger partial charge is 0.194 e. The maximum Gasteiger partial charge on any atom is 0.194 e. The van der Waals surface area contributed by atoms with Crippen molar-refractivity contribution in [1.29, 1.82) is 0 Å². The molecule has 0 radical (unpaired) electrons. The number of furan rings is 1. The topological polar surface area (TPSA) is 71.5 Å². The lowest BCUT2D eigenvalue weighted by molar-refractivity contribution is 0.447. The van der Waals surface area contributed by atoms with Crippen molar-refractivity contribution < 1.29 is 4.42 Å². The van der Waals surface area contributed by atoms with Gasteiger partial charge in [-0.15, -0.1) is 10.2 Å². The predicted octanol–water partition coefficient (Wildman–Crippen LogP) is 2.55. The van der Waals surface area contributed by atoms with Gasteiger partial charge in [-0.05, 0) is 32.8 Å². The van der Waals surface area contributed by atoms with Gasteiger partial charge in [0.25, 0.3) is 0 Å². The van der Waals surface area contributed by atoms with E-state index >= 15 is 0 Å². The van der Waals surface area contributed by atoms with Gasteiger partial charge in [-0.1, -0.05) is 12.8 Å². The molecule has 7 heteroatoms. The normalized spacial score (nSPS) is 15.8. The first-order chi connectivity index (χ1) is 12.0. The molecule has 136 valence electrons. The average molecular weight is 344 g/mol. The van der Waals surface area contributed by atoms with E-state index in [4.69, 9.17) is 9.41 Å². The first-order valence-electron chi connectivity index (χ1n) is 8.94. The zero-order chi connectivity index (χ0) is 17.8. The zero-order valence-corrected chi connectivity index (χ0v) is 15.6. The standard InChI is InChI=1S/C18H28N6O/c1-13-15(9-10-25-13)12-23(3)18(20-16-7-5-6-8-16)19-11-17-22-21-14(2)24(17)4/h9-10,16H,5-8,11-12H2,1-4H3,(H,19,20). The molecule has 0 bridgehead atoms. The van der Waals surface area contributed by atoms with Gasteiger partial charge in [0.2, 0.25) is 0 Å². The summed E-state index contributed by atoms with van der Waals surface area (Å²) in [6.45, 7) is 5.22. The lowest BCUT2D eigenvalue weighted by atomic mass is 10.2. The molecule has 1 aliphatic carbocycles. The van der Waals surface area contributed by atoms with Crippen molar-refractivity contribution in [3.8, 4) is 0 Å². The summed E-state index contributed by atoms with van der Waals surface area (Å²) in [5, 5.41) is 12.0. The summed E-state index contributed by atoms with van der Waals surface area (Å²) in [4.78, 5) is 6.97. The van der Waals surface area contributed by atoms with Crippen molar-refractivity contribution in [2.75, 3.05) is 7.05 Å². The van der Waals surface area contributed by atoms with Crippen molar-refractivity contribution in [1.82, 2.24) is 25.0 Å². The molecule has 0 atom stereocenters. The highest BCUT2D eigenvalue weighted by molar-refractivity contribution is 5.80. The van der Waals surface area contributed by atoms with Gasteiger partial charge >= 0.3 is 0 Å². The fourth-order valence-electron chi connectivity index (χ4n) is 3.17. The fourth-order valence-corrected chi connectivity index (χ4v) is 3.17. The summed E-state index contributed by atoms with van der Waals surface area (Å²) in [5.41, 5.74) is 1.18. The molecular formula is C18H28N6O. The van der Waals surface area contributed by atoms with Crippen molar-refractivity contribution in [3.05, 3.63) is 35.3 Å². The summed E-state index contributed by atoms with van der Waals surface area (Å²) in [6, 6.07) is 2.53. The average Bonchev–Trinajstić information content (AvgIpc) is 3.31. The molecule has 1 saturated carbocycles. The van der Waals surface area contributed by atoms with Gasteiger partial charge in [-0.25, -0.2) is 4.99 Å². The minimum Gasteiger partial charge on any atom is -0.469 e. The summed E-state index contributed by atoms with van der Waals surface area (Å²) < 4.78 is 7.40. The number of aromatic nitrogens is 3. The molecule has 0 amide bonds. The van der Waals surface area contributed by atoms with E-state index in [-0.39, 0.29) is 0 Å². The lowest BCUT2D eigenvalue weighted by Crippen LogP contribution is -2.43. The van der Waals surface area contributed by atoms with Gasteiger partial charge in [-0.2, -0.15) is 0 Å². The third-order valence-electron chi connectivity index (χ3n) is 4.98. The van der Waals surface area contributed by atoms with Gasteiger partial charge < -0.3 is 19.2 Å². The van der Waals surface area contributed by atoms with Gasteiger partial charge in [0.05, 0.1) is 6.26 Å². The van der Waals surface area contributed by atoms with Crippen molar-refractivity contribution >= 4 is 5.96 Å². The van der Waals surface area contributed by atoms with E-state index in [0.717, 1.165) is 29.9 Å². The number of nitrogens with one attached hydrogen (secondary N) is 1. The van der Waals surface area contributed by atoms with Crippen LogP contribution >= 0.6 is 0 Å². The van der Waals surface area contributed by atoms with Crippen LogP contribution in [-0.2, 0) is 20.1 Å². The van der Waals surface area contributed by atoms with E-state index in [1.54, 1.807) is 6.26 Å². The molecule has 0 unspecified atom stereocenters. The number of rotatable bonds is 5. The third kappa shape index (κ3) is 4.21. The van der Waals surface area contributed by atoms with Gasteiger partial charge in [0.15, 0.2) is 11.8 Å². The Hall–Kier alpha value is -2.31. The number of hydrogen-bond donors (Lipinski definition) is 1. The Labute approximate surface area is 149 Å². The molecule has 25 heavy (non-hydrogen) atoms. The number of nitrogens with zero attached hydrogens (tertiary/aromatic N) is 5. The van der Waals surface area contributed by atoms with Gasteiger partial charge in [0, 0.05) is 32.2 Å². The van der Waals surface area contributed by atoms with Crippen LogP contribution in [-0.4, -0.2) is 38.7 Å². The predicted molar refractivity (Wildman–Crippen MR) is 97.2 cm³/mol. The van der Waals surface area contributed by atoms with Crippen LogP contribution in [0, 0.1) is 13.8 Å². The van der Waals surface area contributed by atoms with Gasteiger partial charge in [0.1, 0.15) is 18.1 Å². The van der Waals surface area contributed by atoms with E-state index in [1.165, 1.54) is 31.2 Å². The number of guanidine groups is 1. The monoisotopic (exact) mass is 344 g/mol. The molecular weight excluding hydrogens is 316 g/mol. The second-order valence-electron chi connectivity index (χ2n) is 6.85. The van der Waals surface area contributed by atoms with E-state index in [9.17, 15) is 0 Å². The molecule has 0 aromatic carbocycles. The molecule has 0 saturated heterocycles. The van der Waals surface area contributed by atoms with Crippen molar-refractivity contribution in [2.24, 2.45) is 12.0 Å². The quantitative estimate of drug-likeness (QED) is 0.667. The van der Waals surface area contributed by atoms with Gasteiger partial charge in [-0.3, -0.25) is 0 Å². The maximum absolute atomic E-state index is 5.42. The van der Waals surface area contributed by atoms with Crippen LogP contribution in [0.25, 0.3) is 0 Å². The summed E-state index contributed by atoms with van der Waals surface area (Å²) in [6.07, 6.45) is 6.74. The lowest BCUT2D eigenvalue weighted by Gasteiger charge is -2.25. The first-order valence-corrected chi connectivity index (χ1v) is 8.94. The number of hydrogen-bond acceptors (Lipinski definition) is 4. The summed E-state index contributed by atoms with van der Waals surface area (Å²) in [7, 11) is 4.04. The van der Waals surface area contributed by atoms with Crippen molar-refractivity contribution in [2.45, 2.75) is 58.7 Å². The molecule has 0 aliphatic heterocycles. The van der Waals surface area contributed by atoms with Crippen LogP contribution < -0.4 is 5.32 Å². The van der Waals surface area contributed by atoms with E-state index < -0.39 is 0 Å². The molecule has 1 fully saturated rings. The number of aliphatic imine (C=N–C) groups is 1. The summed E-state index contributed by atoms with van der Waals surface area (Å²) in [5.74, 6) is 3.64. The summed E-state index contributed by atoms with van der Waals surface area (Å²) >= 11 is 0. The highest BCUT2D eigenvalue weighted by atomic mass is 16.3. The molecule has 1 N–H and O–H groups in total. The van der Waals surface area contributed by atoms with E-state index in [1.807, 2.05) is 31.5 Å². The minimum atomic E-state index is 0.507. The molecule has 1 aliphatic rings. The second-order valence-corrected chi connectivity index (χ2v) is 6.85. The SMILES string of the molecule is Cc1occc1CN(C)C(=NCc1nnc(C)n1C)NC1CCCC1. The van der Waals surface area contributed by atoms with Crippen LogP contribution in [0.5, 0.6) is 0 Å². The minimum absolute atomic E-state index is 0.507. The van der Waals surface area contributed by atoms with Crippen LogP contribution in [0.2, 0.25) is 0 Å². The second kappa shape index (κ2) is 7.72. The number of aryl methyl sites for hydroxylation is 2. The molecule has 7 nitrogen and oxygen atoms in total. The Balaban J connectivity index is 1.74. The van der Waals surface area contributed by atoms with Crippen LogP contribution in [0.4, 0.5) is 0 Å². The Morgan fingerprint density at radius 3 is 2.72 bits per heavy atom. The zero-order valence-electron chi connectivity index (χ0n) is 15.6. The highest BCUT2D eigenvalue weighted by Crippen LogP contribution is 2.18. The van der Waals surface area contributed by atoms with E-state index in [2.05, 4.69) is 27.5 Å².